The molecule has 43 heavy (non-hydrogen) atoms. The first-order chi connectivity index (χ1) is 20.8. The van der Waals surface area contributed by atoms with Crippen molar-refractivity contribution in [3.63, 3.8) is 0 Å². The first-order valence-corrected chi connectivity index (χ1v) is 14.4. The summed E-state index contributed by atoms with van der Waals surface area (Å²) in [5.41, 5.74) is 5.65. The summed E-state index contributed by atoms with van der Waals surface area (Å²) in [4.78, 5) is 49.6. The molecule has 0 radical (unpaired) electrons. The van der Waals surface area contributed by atoms with Gasteiger partial charge in [-0.15, -0.1) is 0 Å². The van der Waals surface area contributed by atoms with Crippen LogP contribution in [0, 0.1) is 6.92 Å². The number of rotatable bonds is 9. The third-order valence-corrected chi connectivity index (χ3v) is 7.55. The molecule has 218 valence electrons. The molecule has 0 aromatic heterocycles. The van der Waals surface area contributed by atoms with E-state index in [4.69, 9.17) is 9.47 Å². The van der Waals surface area contributed by atoms with Gasteiger partial charge in [-0.25, -0.2) is 9.69 Å². The molecule has 2 aliphatic rings. The number of esters is 2. The maximum absolute atomic E-state index is 12.5. The summed E-state index contributed by atoms with van der Waals surface area (Å²) in [5.74, 6) is -1.40. The lowest BCUT2D eigenvalue weighted by Crippen LogP contribution is -2.29. The van der Waals surface area contributed by atoms with Gasteiger partial charge in [0.05, 0.1) is 12.1 Å². The van der Waals surface area contributed by atoms with Crippen LogP contribution in [0.4, 0.5) is 5.69 Å². The van der Waals surface area contributed by atoms with E-state index in [9.17, 15) is 19.2 Å². The molecule has 0 unspecified atom stereocenters. The van der Waals surface area contributed by atoms with E-state index < -0.39 is 11.9 Å². The summed E-state index contributed by atoms with van der Waals surface area (Å²) in [7, 11) is 0. The fourth-order valence-corrected chi connectivity index (χ4v) is 5.23. The molecule has 2 amide bonds. The van der Waals surface area contributed by atoms with Crippen molar-refractivity contribution < 1.29 is 28.7 Å². The third-order valence-electron chi connectivity index (χ3n) is 7.55. The maximum Gasteiger partial charge on any atom is 0.339 e. The van der Waals surface area contributed by atoms with Crippen molar-refractivity contribution >= 4 is 41.6 Å². The van der Waals surface area contributed by atoms with Crippen molar-refractivity contribution in [1.29, 1.82) is 0 Å². The standard InChI is InChI=1S/C36H33NO6/c1-24-22-27(9-8-26-10-15-29(16-11-26)37-33(38)20-21-34(37)39)12-19-32(24)28-13-17-31(18-14-28)43-36(41)25(2)23-35(40)42-30-6-4-3-5-7-30/h8-22,30H,2-7,23H2,1H3/b9-8+. The molecular formula is C36H33NO6. The molecule has 1 aliphatic carbocycles. The van der Waals surface area contributed by atoms with Gasteiger partial charge in [-0.2, -0.15) is 0 Å². The molecule has 0 saturated heterocycles. The second-order valence-corrected chi connectivity index (χ2v) is 10.8. The van der Waals surface area contributed by atoms with Crippen LogP contribution in [0.15, 0.2) is 91.0 Å². The van der Waals surface area contributed by atoms with Crippen molar-refractivity contribution in [3.05, 3.63) is 108 Å². The molecule has 1 aliphatic heterocycles. The number of aryl methyl sites for hydroxylation is 1. The molecule has 0 spiro atoms. The monoisotopic (exact) mass is 575 g/mol. The largest absolute Gasteiger partial charge is 0.462 e. The number of carbonyl (C=O) groups is 4. The average molecular weight is 576 g/mol. The van der Waals surface area contributed by atoms with Crippen LogP contribution < -0.4 is 9.64 Å². The van der Waals surface area contributed by atoms with Crippen molar-refractivity contribution in [1.82, 2.24) is 0 Å². The van der Waals surface area contributed by atoms with Crippen LogP contribution in [0.5, 0.6) is 5.75 Å². The first-order valence-electron chi connectivity index (χ1n) is 14.4. The average Bonchev–Trinajstić information content (AvgIpc) is 3.34. The van der Waals surface area contributed by atoms with Crippen LogP contribution >= 0.6 is 0 Å². The predicted octanol–water partition coefficient (Wildman–Crippen LogP) is 6.99. The molecule has 1 heterocycles. The lowest BCUT2D eigenvalue weighted by Gasteiger charge is -2.21. The SMILES string of the molecule is C=C(CC(=O)OC1CCCCC1)C(=O)Oc1ccc(-c2ccc(/C=C/c3ccc(N4C(=O)C=CC4=O)cc3)cc2C)cc1. The molecule has 0 atom stereocenters. The van der Waals surface area contributed by atoms with Gasteiger partial charge in [0, 0.05) is 17.7 Å². The zero-order valence-electron chi connectivity index (χ0n) is 24.1. The van der Waals surface area contributed by atoms with Gasteiger partial charge in [0.25, 0.3) is 11.8 Å². The van der Waals surface area contributed by atoms with E-state index in [1.54, 1.807) is 24.3 Å². The molecule has 3 aromatic rings. The van der Waals surface area contributed by atoms with Gasteiger partial charge in [0.15, 0.2) is 0 Å². The van der Waals surface area contributed by atoms with Crippen molar-refractivity contribution in [2.75, 3.05) is 4.90 Å². The van der Waals surface area contributed by atoms with Crippen molar-refractivity contribution in [2.45, 2.75) is 51.6 Å². The molecule has 0 N–H and O–H groups in total. The van der Waals surface area contributed by atoms with Crippen LogP contribution in [0.1, 0.15) is 55.2 Å². The lowest BCUT2D eigenvalue weighted by molar-refractivity contribution is -0.150. The van der Waals surface area contributed by atoms with Crippen LogP contribution in [0.2, 0.25) is 0 Å². The Hall–Kier alpha value is -5.04. The number of nitrogens with zero attached hydrogens (tertiary/aromatic N) is 1. The second-order valence-electron chi connectivity index (χ2n) is 10.8. The highest BCUT2D eigenvalue weighted by molar-refractivity contribution is 6.28. The molecule has 0 bridgehead atoms. The number of hydrogen-bond acceptors (Lipinski definition) is 6. The number of carbonyl (C=O) groups excluding carboxylic acids is 4. The number of hydrogen-bond donors (Lipinski definition) is 0. The van der Waals surface area contributed by atoms with Crippen molar-refractivity contribution in [2.24, 2.45) is 0 Å². The Morgan fingerprint density at radius 1 is 0.860 bits per heavy atom. The van der Waals surface area contributed by atoms with E-state index in [1.165, 1.54) is 18.6 Å². The third kappa shape index (κ3) is 7.43. The quantitative estimate of drug-likeness (QED) is 0.0898. The van der Waals surface area contributed by atoms with E-state index in [-0.39, 0.29) is 29.9 Å². The Morgan fingerprint density at radius 3 is 2.14 bits per heavy atom. The molecule has 1 fully saturated rings. The Balaban J connectivity index is 1.15. The minimum atomic E-state index is -0.648. The summed E-state index contributed by atoms with van der Waals surface area (Å²) in [6.07, 6.45) is 11.3. The second kappa shape index (κ2) is 13.3. The maximum atomic E-state index is 12.5. The van der Waals surface area contributed by atoms with E-state index in [1.807, 2.05) is 55.5 Å². The topological polar surface area (TPSA) is 90.0 Å². The molecule has 7 nitrogen and oxygen atoms in total. The normalized spacial score (nSPS) is 15.2. The molecule has 3 aromatic carbocycles. The van der Waals surface area contributed by atoms with Gasteiger partial charge in [-0.05, 0) is 84.7 Å². The van der Waals surface area contributed by atoms with E-state index >= 15 is 0 Å². The smallest absolute Gasteiger partial charge is 0.339 e. The van der Waals surface area contributed by atoms with Crippen LogP contribution in [0.25, 0.3) is 23.3 Å². The summed E-state index contributed by atoms with van der Waals surface area (Å²) in [6.45, 7) is 5.75. The highest BCUT2D eigenvalue weighted by atomic mass is 16.5. The Labute approximate surface area is 251 Å². The minimum Gasteiger partial charge on any atom is -0.462 e. The summed E-state index contributed by atoms with van der Waals surface area (Å²) < 4.78 is 10.9. The van der Waals surface area contributed by atoms with E-state index in [0.717, 1.165) is 58.4 Å². The fraction of sp³-hybridized carbons (Fsp3) is 0.222. The first kappa shape index (κ1) is 29.5. The van der Waals surface area contributed by atoms with Crippen LogP contribution in [0.3, 0.4) is 0 Å². The highest BCUT2D eigenvalue weighted by Crippen LogP contribution is 2.28. The fourth-order valence-electron chi connectivity index (χ4n) is 5.23. The Kier molecular flexibility index (Phi) is 9.11. The minimum absolute atomic E-state index is 0.0643. The molecule has 5 rings (SSSR count). The predicted molar refractivity (Wildman–Crippen MR) is 166 cm³/mol. The van der Waals surface area contributed by atoms with Gasteiger partial charge in [-0.1, -0.05) is 67.6 Å². The number of ether oxygens (including phenoxy) is 2. The molecular weight excluding hydrogens is 542 g/mol. The van der Waals surface area contributed by atoms with Gasteiger partial charge in [-0.3, -0.25) is 14.4 Å². The van der Waals surface area contributed by atoms with Crippen molar-refractivity contribution in [3.8, 4) is 16.9 Å². The van der Waals surface area contributed by atoms with Gasteiger partial charge in [0.2, 0.25) is 0 Å². The summed E-state index contributed by atoms with van der Waals surface area (Å²) >= 11 is 0. The number of imide groups is 1. The summed E-state index contributed by atoms with van der Waals surface area (Å²) in [5, 5.41) is 0. The van der Waals surface area contributed by atoms with Gasteiger partial charge >= 0.3 is 11.9 Å². The van der Waals surface area contributed by atoms with Gasteiger partial charge in [0.1, 0.15) is 11.9 Å². The van der Waals surface area contributed by atoms with E-state index in [0.29, 0.717) is 11.4 Å². The zero-order chi connectivity index (χ0) is 30.3. The van der Waals surface area contributed by atoms with Crippen LogP contribution in [-0.2, 0) is 23.9 Å². The van der Waals surface area contributed by atoms with E-state index in [2.05, 4.69) is 12.6 Å². The molecule has 7 heteroatoms. The van der Waals surface area contributed by atoms with Gasteiger partial charge < -0.3 is 9.47 Å². The highest BCUT2D eigenvalue weighted by Gasteiger charge is 2.25. The number of amides is 2. The summed E-state index contributed by atoms with van der Waals surface area (Å²) in [6, 6.07) is 20.6. The molecule has 1 saturated carbocycles. The number of benzene rings is 3. The lowest BCUT2D eigenvalue weighted by atomic mass is 9.98. The van der Waals surface area contributed by atoms with Crippen LogP contribution in [-0.4, -0.2) is 29.9 Å². The number of anilines is 1. The zero-order valence-corrected chi connectivity index (χ0v) is 24.1. The Bertz CT molecular complexity index is 1590. The Morgan fingerprint density at radius 2 is 1.49 bits per heavy atom.